The normalized spacial score (nSPS) is 10.7. The van der Waals surface area contributed by atoms with Crippen molar-refractivity contribution < 1.29 is 9.84 Å². The predicted molar refractivity (Wildman–Crippen MR) is 118 cm³/mol. The lowest BCUT2D eigenvalue weighted by Crippen LogP contribution is -2.02. The molecule has 1 heterocycles. The van der Waals surface area contributed by atoms with Crippen molar-refractivity contribution >= 4 is 29.1 Å². The Kier molecular flexibility index (Phi) is 7.27. The Morgan fingerprint density at radius 2 is 1.86 bits per heavy atom. The number of unbranched alkanes of at least 4 members (excludes halogenated alkanes) is 1. The van der Waals surface area contributed by atoms with Crippen LogP contribution >= 0.6 is 11.6 Å². The maximum absolute atomic E-state index is 8.89. The Labute approximate surface area is 175 Å². The summed E-state index contributed by atoms with van der Waals surface area (Å²) in [7, 11) is 0. The number of aliphatic hydroxyl groups excluding tert-OH is 1. The van der Waals surface area contributed by atoms with E-state index in [0.29, 0.717) is 28.9 Å². The number of nitrogens with two attached hydrogens (primary N) is 1. The molecule has 0 aliphatic heterocycles. The van der Waals surface area contributed by atoms with E-state index in [1.54, 1.807) is 12.1 Å². The number of nitrogens with one attached hydrogen (secondary N) is 1. The van der Waals surface area contributed by atoms with Crippen LogP contribution in [0.5, 0.6) is 5.75 Å². The van der Waals surface area contributed by atoms with Crippen molar-refractivity contribution in [3.8, 4) is 17.0 Å². The molecule has 1 aromatic heterocycles. The summed E-state index contributed by atoms with van der Waals surface area (Å²) in [4.78, 5) is 8.64. The molecule has 7 heteroatoms. The van der Waals surface area contributed by atoms with E-state index >= 15 is 0 Å². The van der Waals surface area contributed by atoms with Gasteiger partial charge in [-0.05, 0) is 62.1 Å². The summed E-state index contributed by atoms with van der Waals surface area (Å²) >= 11 is 6.18. The highest BCUT2D eigenvalue weighted by Gasteiger charge is 2.12. The van der Waals surface area contributed by atoms with Crippen molar-refractivity contribution in [2.24, 2.45) is 0 Å². The first-order valence-electron chi connectivity index (χ1n) is 9.63. The van der Waals surface area contributed by atoms with Gasteiger partial charge in [0.25, 0.3) is 0 Å². The number of aromatic nitrogens is 2. The summed E-state index contributed by atoms with van der Waals surface area (Å²) in [5.74, 6) is 1.43. The molecule has 0 radical (unpaired) electrons. The second-order valence-electron chi connectivity index (χ2n) is 6.57. The summed E-state index contributed by atoms with van der Waals surface area (Å²) in [5.41, 5.74) is 9.47. The third-order valence-electron chi connectivity index (χ3n) is 4.36. The maximum atomic E-state index is 8.89. The number of aryl methyl sites for hydroxylation is 1. The number of benzene rings is 2. The number of halogens is 1. The van der Waals surface area contributed by atoms with E-state index in [0.717, 1.165) is 30.5 Å². The minimum Gasteiger partial charge on any atom is -0.493 e. The van der Waals surface area contributed by atoms with Crippen molar-refractivity contribution in [1.29, 1.82) is 0 Å². The molecule has 6 nitrogen and oxygen atoms in total. The van der Waals surface area contributed by atoms with E-state index in [-0.39, 0.29) is 12.6 Å². The summed E-state index contributed by atoms with van der Waals surface area (Å²) in [5, 5.41) is 12.8. The Balaban J connectivity index is 1.82. The number of anilines is 3. The Bertz CT molecular complexity index is 948. The van der Waals surface area contributed by atoms with Gasteiger partial charge in [-0.2, -0.15) is 4.98 Å². The number of hydrogen-bond donors (Lipinski definition) is 3. The van der Waals surface area contributed by atoms with Crippen LogP contribution < -0.4 is 15.8 Å². The average Bonchev–Trinajstić information content (AvgIpc) is 2.70. The van der Waals surface area contributed by atoms with Gasteiger partial charge in [0.2, 0.25) is 5.95 Å². The molecular weight excluding hydrogens is 388 g/mol. The fourth-order valence-electron chi connectivity index (χ4n) is 3.00. The van der Waals surface area contributed by atoms with E-state index in [1.165, 1.54) is 5.56 Å². The fraction of sp³-hybridized carbons (Fsp3) is 0.273. The molecule has 0 fully saturated rings. The van der Waals surface area contributed by atoms with Gasteiger partial charge in [0.1, 0.15) is 11.6 Å². The second kappa shape index (κ2) is 10.1. The first kappa shape index (κ1) is 20.9. The summed E-state index contributed by atoms with van der Waals surface area (Å²) in [6.45, 7) is 2.69. The van der Waals surface area contributed by atoms with Crippen LogP contribution in [0.3, 0.4) is 0 Å². The zero-order chi connectivity index (χ0) is 20.6. The zero-order valence-corrected chi connectivity index (χ0v) is 17.1. The third kappa shape index (κ3) is 5.82. The predicted octanol–water partition coefficient (Wildman–Crippen LogP) is 4.84. The van der Waals surface area contributed by atoms with E-state index in [4.69, 9.17) is 27.2 Å². The van der Waals surface area contributed by atoms with Crippen LogP contribution in [0.4, 0.5) is 17.5 Å². The molecule has 0 atom stereocenters. The van der Waals surface area contributed by atoms with Crippen molar-refractivity contribution in [2.45, 2.75) is 26.2 Å². The van der Waals surface area contributed by atoms with Crippen LogP contribution in [0.25, 0.3) is 11.3 Å². The Morgan fingerprint density at radius 1 is 1.07 bits per heavy atom. The number of rotatable bonds is 9. The topological polar surface area (TPSA) is 93.3 Å². The molecule has 0 spiro atoms. The van der Waals surface area contributed by atoms with Crippen molar-refractivity contribution in [3.05, 3.63) is 59.1 Å². The first-order chi connectivity index (χ1) is 14.1. The summed E-state index contributed by atoms with van der Waals surface area (Å²) in [6.07, 6.45) is 2.73. The van der Waals surface area contributed by atoms with Crippen LogP contribution in [-0.2, 0) is 6.42 Å². The first-order valence-corrected chi connectivity index (χ1v) is 10.0. The number of aliphatic hydroxyl groups is 1. The summed E-state index contributed by atoms with van der Waals surface area (Å²) < 4.78 is 5.70. The molecule has 152 valence electrons. The lowest BCUT2D eigenvalue weighted by Gasteiger charge is -2.13. The fourth-order valence-corrected chi connectivity index (χ4v) is 3.17. The molecule has 3 rings (SSSR count). The van der Waals surface area contributed by atoms with Crippen LogP contribution in [0.2, 0.25) is 5.02 Å². The number of hydrogen-bond acceptors (Lipinski definition) is 6. The molecule has 0 amide bonds. The molecular formula is C22H25ClN4O2. The van der Waals surface area contributed by atoms with Gasteiger partial charge in [0.05, 0.1) is 12.3 Å². The maximum Gasteiger partial charge on any atom is 0.222 e. The highest BCUT2D eigenvalue weighted by atomic mass is 35.5. The largest absolute Gasteiger partial charge is 0.493 e. The molecule has 29 heavy (non-hydrogen) atoms. The van der Waals surface area contributed by atoms with E-state index < -0.39 is 0 Å². The quantitative estimate of drug-likeness (QED) is 0.435. The average molecular weight is 413 g/mol. The van der Waals surface area contributed by atoms with Crippen LogP contribution in [0.15, 0.2) is 48.5 Å². The smallest absolute Gasteiger partial charge is 0.222 e. The van der Waals surface area contributed by atoms with E-state index in [2.05, 4.69) is 27.4 Å². The van der Waals surface area contributed by atoms with Crippen molar-refractivity contribution in [3.63, 3.8) is 0 Å². The highest BCUT2D eigenvalue weighted by molar-refractivity contribution is 6.31. The second-order valence-corrected chi connectivity index (χ2v) is 7.01. The van der Waals surface area contributed by atoms with Gasteiger partial charge in [-0.25, -0.2) is 4.98 Å². The van der Waals surface area contributed by atoms with E-state index in [9.17, 15) is 0 Å². The van der Waals surface area contributed by atoms with Gasteiger partial charge >= 0.3 is 0 Å². The molecule has 0 aliphatic carbocycles. The van der Waals surface area contributed by atoms with Crippen molar-refractivity contribution in [1.82, 2.24) is 9.97 Å². The minimum absolute atomic E-state index is 0.160. The molecule has 2 aromatic carbocycles. The number of nitrogen functional groups attached to an aromatic ring is 1. The van der Waals surface area contributed by atoms with Crippen molar-refractivity contribution in [2.75, 3.05) is 24.3 Å². The third-order valence-corrected chi connectivity index (χ3v) is 4.60. The molecule has 0 saturated heterocycles. The molecule has 0 unspecified atom stereocenters. The Hall–Kier alpha value is -2.83. The van der Waals surface area contributed by atoms with Gasteiger partial charge < -0.3 is 20.9 Å². The molecule has 4 N–H and O–H groups in total. The standard InChI is InChI=1S/C22H25ClN4O2/c1-2-29-20-11-8-16(23)13-18(20)19-14-21(27-22(24)26-19)25-17-9-6-15(7-10-17)5-3-4-12-28/h6-11,13-14,28H,2-5,12H2,1H3,(H3,24,25,26,27). The lowest BCUT2D eigenvalue weighted by atomic mass is 10.1. The Morgan fingerprint density at radius 3 is 2.59 bits per heavy atom. The molecule has 3 aromatic rings. The van der Waals surface area contributed by atoms with E-state index in [1.807, 2.05) is 31.2 Å². The van der Waals surface area contributed by atoms with Gasteiger partial charge in [0.15, 0.2) is 0 Å². The lowest BCUT2D eigenvalue weighted by molar-refractivity contribution is 0.284. The van der Waals surface area contributed by atoms with Crippen LogP contribution in [-0.4, -0.2) is 28.3 Å². The minimum atomic E-state index is 0.160. The molecule has 0 bridgehead atoms. The number of ether oxygens (including phenoxy) is 1. The van der Waals surface area contributed by atoms with Gasteiger partial charge in [-0.1, -0.05) is 23.7 Å². The summed E-state index contributed by atoms with van der Waals surface area (Å²) in [6, 6.07) is 15.3. The monoisotopic (exact) mass is 412 g/mol. The SMILES string of the molecule is CCOc1ccc(Cl)cc1-c1cc(Nc2ccc(CCCCO)cc2)nc(N)n1. The zero-order valence-electron chi connectivity index (χ0n) is 16.4. The van der Waals surface area contributed by atoms with Crippen LogP contribution in [0.1, 0.15) is 25.3 Å². The van der Waals surface area contributed by atoms with Gasteiger partial charge in [-0.15, -0.1) is 0 Å². The van der Waals surface area contributed by atoms with Gasteiger partial charge in [-0.3, -0.25) is 0 Å². The van der Waals surface area contributed by atoms with Gasteiger partial charge in [0, 0.05) is 28.9 Å². The highest BCUT2D eigenvalue weighted by Crippen LogP contribution is 2.33. The molecule has 0 saturated carbocycles. The number of nitrogens with zero attached hydrogens (tertiary/aromatic N) is 2. The van der Waals surface area contributed by atoms with Crippen LogP contribution in [0, 0.1) is 0 Å². The molecule has 0 aliphatic rings.